The molecule has 0 aliphatic heterocycles. The number of nitrogens with zero attached hydrogens (tertiary/aromatic N) is 7. The minimum absolute atomic E-state index is 0.470. The summed E-state index contributed by atoms with van der Waals surface area (Å²) in [7, 11) is 0. The summed E-state index contributed by atoms with van der Waals surface area (Å²) in [6.45, 7) is 0. The van der Waals surface area contributed by atoms with Crippen LogP contribution >= 0.6 is 0 Å². The van der Waals surface area contributed by atoms with Gasteiger partial charge in [-0.1, -0.05) is 127 Å². The Hall–Kier alpha value is -8.96. The van der Waals surface area contributed by atoms with Gasteiger partial charge in [0.1, 0.15) is 0 Å². The summed E-state index contributed by atoms with van der Waals surface area (Å²) in [4.78, 5) is 15.2. The lowest BCUT2D eigenvalue weighted by Gasteiger charge is -2.21. The van der Waals surface area contributed by atoms with E-state index in [0.29, 0.717) is 34.2 Å². The zero-order chi connectivity index (χ0) is 41.3. The van der Waals surface area contributed by atoms with Gasteiger partial charge in [0.15, 0.2) is 17.5 Å². The van der Waals surface area contributed by atoms with Crippen LogP contribution in [0.5, 0.6) is 0 Å². The molecular formula is C54H31N7. The van der Waals surface area contributed by atoms with Gasteiger partial charge in [-0.05, 0) is 82.9 Å². The number of nitriles is 3. The van der Waals surface area contributed by atoms with Crippen LogP contribution < -0.4 is 0 Å². The highest BCUT2D eigenvalue weighted by atomic mass is 15.0. The number of hydrogen-bond donors (Lipinski definition) is 0. The maximum Gasteiger partial charge on any atom is 0.164 e. The number of fused-ring (bicyclic) bond motifs is 3. The van der Waals surface area contributed by atoms with Crippen molar-refractivity contribution >= 4 is 21.8 Å². The van der Waals surface area contributed by atoms with Crippen LogP contribution in [0.3, 0.4) is 0 Å². The minimum Gasteiger partial charge on any atom is -0.308 e. The molecule has 2 heterocycles. The molecule has 8 aromatic carbocycles. The van der Waals surface area contributed by atoms with Crippen molar-refractivity contribution in [3.63, 3.8) is 0 Å². The molecule has 0 amide bonds. The molecule has 0 radical (unpaired) electrons. The Labute approximate surface area is 352 Å². The van der Waals surface area contributed by atoms with E-state index in [2.05, 4.69) is 65.2 Å². The van der Waals surface area contributed by atoms with E-state index in [-0.39, 0.29) is 0 Å². The van der Waals surface area contributed by atoms with Crippen molar-refractivity contribution in [2.75, 3.05) is 0 Å². The molecule has 10 aromatic rings. The van der Waals surface area contributed by atoms with Gasteiger partial charge in [0, 0.05) is 38.6 Å². The lowest BCUT2D eigenvalue weighted by atomic mass is 9.91. The average Bonchev–Trinajstić information content (AvgIpc) is 3.67. The van der Waals surface area contributed by atoms with Gasteiger partial charge in [0.05, 0.1) is 51.6 Å². The van der Waals surface area contributed by atoms with Crippen LogP contribution in [0.25, 0.3) is 95.0 Å². The van der Waals surface area contributed by atoms with Gasteiger partial charge in [-0.2, -0.15) is 15.8 Å². The summed E-state index contributed by atoms with van der Waals surface area (Å²) in [5.74, 6) is 1.54. The van der Waals surface area contributed by atoms with E-state index >= 15 is 0 Å². The third kappa shape index (κ3) is 6.63. The Balaban J connectivity index is 1.33. The smallest absolute Gasteiger partial charge is 0.164 e. The maximum absolute atomic E-state index is 10.2. The highest BCUT2D eigenvalue weighted by Crippen LogP contribution is 2.45. The van der Waals surface area contributed by atoms with Gasteiger partial charge < -0.3 is 4.57 Å². The fourth-order valence-corrected chi connectivity index (χ4v) is 8.11. The fourth-order valence-electron chi connectivity index (χ4n) is 8.11. The zero-order valence-electron chi connectivity index (χ0n) is 32.5. The first-order chi connectivity index (χ1) is 30.1. The summed E-state index contributed by atoms with van der Waals surface area (Å²) in [6, 6.07) is 68.5. The predicted octanol–water partition coefficient (Wildman–Crippen LogP) is 12.6. The number of benzene rings is 8. The molecule has 10 rings (SSSR count). The standard InChI is InChI=1S/C54H31N7/c55-32-35-13-11-20-39(27-35)46-30-43(54-59-52(37-15-3-1-4-16-37)58-53(60-54)38-17-5-2-6-18-38)31-47(40-21-12-14-36(28-40)33-56)51(46)61-49-24-10-9-23-45(49)48-29-41(25-26-50(48)61)44-22-8-7-19-42(44)34-57/h1-31H. The molecule has 0 fully saturated rings. The van der Waals surface area contributed by atoms with E-state index < -0.39 is 0 Å². The topological polar surface area (TPSA) is 115 Å². The van der Waals surface area contributed by atoms with E-state index in [9.17, 15) is 15.8 Å². The molecule has 0 saturated carbocycles. The molecule has 282 valence electrons. The monoisotopic (exact) mass is 777 g/mol. The molecule has 0 spiro atoms. The van der Waals surface area contributed by atoms with Crippen molar-refractivity contribution in [2.45, 2.75) is 0 Å². The van der Waals surface area contributed by atoms with Gasteiger partial charge in [0.2, 0.25) is 0 Å². The first-order valence-corrected chi connectivity index (χ1v) is 19.7. The van der Waals surface area contributed by atoms with Crippen molar-refractivity contribution in [3.05, 3.63) is 205 Å². The molecule has 61 heavy (non-hydrogen) atoms. The van der Waals surface area contributed by atoms with Crippen molar-refractivity contribution in [3.8, 4) is 91.4 Å². The van der Waals surface area contributed by atoms with E-state index in [1.165, 1.54) is 0 Å². The summed E-state index contributed by atoms with van der Waals surface area (Å²) < 4.78 is 2.27. The number of hydrogen-bond acceptors (Lipinski definition) is 6. The lowest BCUT2D eigenvalue weighted by molar-refractivity contribution is 1.07. The van der Waals surface area contributed by atoms with Crippen molar-refractivity contribution in [2.24, 2.45) is 0 Å². The van der Waals surface area contributed by atoms with Gasteiger partial charge >= 0.3 is 0 Å². The Kier molecular flexibility index (Phi) is 9.20. The van der Waals surface area contributed by atoms with Crippen LogP contribution in [0.1, 0.15) is 16.7 Å². The molecule has 7 heteroatoms. The van der Waals surface area contributed by atoms with E-state index in [1.807, 2.05) is 133 Å². The summed E-state index contributed by atoms with van der Waals surface area (Å²) in [5, 5.41) is 32.4. The average molecular weight is 778 g/mol. The second kappa shape index (κ2) is 15.4. The van der Waals surface area contributed by atoms with Crippen LogP contribution in [-0.2, 0) is 0 Å². The lowest BCUT2D eigenvalue weighted by Crippen LogP contribution is -2.04. The molecular weight excluding hydrogens is 747 g/mol. The van der Waals surface area contributed by atoms with Crippen molar-refractivity contribution in [1.29, 1.82) is 15.8 Å². The minimum atomic E-state index is 0.470. The first-order valence-electron chi connectivity index (χ1n) is 19.7. The Morgan fingerprint density at radius 1 is 0.344 bits per heavy atom. The van der Waals surface area contributed by atoms with Crippen LogP contribution in [0.4, 0.5) is 0 Å². The number of aromatic nitrogens is 4. The fraction of sp³-hybridized carbons (Fsp3) is 0. The summed E-state index contributed by atoms with van der Waals surface area (Å²) in [5.41, 5.74) is 11.9. The quantitative estimate of drug-likeness (QED) is 0.159. The van der Waals surface area contributed by atoms with Gasteiger partial charge in [-0.15, -0.1) is 0 Å². The molecule has 0 atom stereocenters. The number of rotatable bonds is 7. The molecule has 0 bridgehead atoms. The summed E-state index contributed by atoms with van der Waals surface area (Å²) in [6.07, 6.45) is 0. The van der Waals surface area contributed by atoms with Gasteiger partial charge in [-0.3, -0.25) is 0 Å². The predicted molar refractivity (Wildman–Crippen MR) is 241 cm³/mol. The molecule has 0 N–H and O–H groups in total. The number of para-hydroxylation sites is 1. The highest BCUT2D eigenvalue weighted by molar-refractivity contribution is 6.12. The molecule has 0 aliphatic rings. The van der Waals surface area contributed by atoms with Crippen LogP contribution in [-0.4, -0.2) is 19.5 Å². The van der Waals surface area contributed by atoms with E-state index in [0.717, 1.165) is 77.6 Å². The molecule has 0 unspecified atom stereocenters. The van der Waals surface area contributed by atoms with Gasteiger partial charge in [0.25, 0.3) is 0 Å². The SMILES string of the molecule is N#Cc1cccc(-c2cc(-c3nc(-c4ccccc4)nc(-c4ccccc4)n3)cc(-c3cccc(C#N)c3)c2-n2c3ccccc3c3cc(-c4ccccc4C#N)ccc32)c1. The maximum atomic E-state index is 10.2. The largest absolute Gasteiger partial charge is 0.308 e. The van der Waals surface area contributed by atoms with Crippen LogP contribution in [0.15, 0.2) is 188 Å². The molecule has 7 nitrogen and oxygen atoms in total. The highest BCUT2D eigenvalue weighted by Gasteiger charge is 2.24. The molecule has 0 saturated heterocycles. The Morgan fingerprint density at radius 2 is 0.836 bits per heavy atom. The summed E-state index contributed by atoms with van der Waals surface area (Å²) >= 11 is 0. The third-order valence-corrected chi connectivity index (χ3v) is 10.9. The van der Waals surface area contributed by atoms with Crippen LogP contribution in [0, 0.1) is 34.0 Å². The normalized spacial score (nSPS) is 10.9. The Bertz CT molecular complexity index is 3320. The Morgan fingerprint density at radius 3 is 1.43 bits per heavy atom. The molecule has 0 aliphatic carbocycles. The van der Waals surface area contributed by atoms with E-state index in [4.69, 9.17) is 15.0 Å². The molecule has 2 aromatic heterocycles. The second-order valence-corrected chi connectivity index (χ2v) is 14.6. The second-order valence-electron chi connectivity index (χ2n) is 14.6. The third-order valence-electron chi connectivity index (χ3n) is 10.9. The van der Waals surface area contributed by atoms with Crippen LogP contribution in [0.2, 0.25) is 0 Å². The van der Waals surface area contributed by atoms with Crippen molar-refractivity contribution in [1.82, 2.24) is 19.5 Å². The first kappa shape index (κ1) is 36.4. The van der Waals surface area contributed by atoms with Gasteiger partial charge in [-0.25, -0.2) is 15.0 Å². The van der Waals surface area contributed by atoms with E-state index in [1.54, 1.807) is 12.1 Å². The van der Waals surface area contributed by atoms with Crippen molar-refractivity contribution < 1.29 is 0 Å². The zero-order valence-corrected chi connectivity index (χ0v) is 32.5.